The first-order valence-electron chi connectivity index (χ1n) is 6.10. The van der Waals surface area contributed by atoms with Crippen LogP contribution in [0.3, 0.4) is 0 Å². The monoisotopic (exact) mass is 253 g/mol. The molecule has 1 aromatic carbocycles. The Hall–Kier alpha value is -1.26. The predicted octanol–water partition coefficient (Wildman–Crippen LogP) is 1.82. The minimum atomic E-state index is -0.522. The molecule has 0 aliphatic heterocycles. The van der Waals surface area contributed by atoms with Crippen molar-refractivity contribution in [1.82, 2.24) is 5.32 Å². The lowest BCUT2D eigenvalue weighted by Crippen LogP contribution is -2.42. The number of methoxy groups -OCH3 is 1. The van der Waals surface area contributed by atoms with Crippen molar-refractivity contribution >= 4 is 0 Å². The SMILES string of the molecule is COc1ccc(OCC(O)CNC(C)(C)C)cc1. The van der Waals surface area contributed by atoms with Crippen LogP contribution in [0.4, 0.5) is 0 Å². The minimum absolute atomic E-state index is 0.00108. The van der Waals surface area contributed by atoms with Gasteiger partial charge < -0.3 is 19.9 Å². The van der Waals surface area contributed by atoms with Gasteiger partial charge in [0.25, 0.3) is 0 Å². The van der Waals surface area contributed by atoms with Gasteiger partial charge in [0.15, 0.2) is 0 Å². The number of hydrogen-bond donors (Lipinski definition) is 2. The van der Waals surface area contributed by atoms with Crippen LogP contribution in [0.5, 0.6) is 11.5 Å². The van der Waals surface area contributed by atoms with Crippen LogP contribution in [0, 0.1) is 0 Å². The Bertz CT molecular complexity index is 343. The van der Waals surface area contributed by atoms with Gasteiger partial charge in [-0.05, 0) is 45.0 Å². The molecule has 1 unspecified atom stereocenters. The topological polar surface area (TPSA) is 50.7 Å². The molecule has 0 heterocycles. The highest BCUT2D eigenvalue weighted by molar-refractivity contribution is 5.31. The second-order valence-electron chi connectivity index (χ2n) is 5.27. The average Bonchev–Trinajstić information content (AvgIpc) is 2.33. The van der Waals surface area contributed by atoms with Crippen molar-refractivity contribution in [1.29, 1.82) is 0 Å². The van der Waals surface area contributed by atoms with Crippen LogP contribution in [0.15, 0.2) is 24.3 Å². The molecule has 1 aromatic rings. The molecule has 0 aliphatic carbocycles. The second-order valence-corrected chi connectivity index (χ2v) is 5.27. The van der Waals surface area contributed by atoms with Gasteiger partial charge in [0, 0.05) is 12.1 Å². The normalized spacial score (nSPS) is 13.2. The van der Waals surface area contributed by atoms with Gasteiger partial charge in [-0.1, -0.05) is 0 Å². The summed E-state index contributed by atoms with van der Waals surface area (Å²) in [6, 6.07) is 7.30. The number of β-amino-alcohol motifs (C(OH)–C–C–N with tert-alkyl or cyclic N) is 1. The molecule has 0 bridgehead atoms. The maximum atomic E-state index is 9.76. The fourth-order valence-corrected chi connectivity index (χ4v) is 1.35. The molecule has 0 aromatic heterocycles. The first-order valence-corrected chi connectivity index (χ1v) is 6.10. The highest BCUT2D eigenvalue weighted by Crippen LogP contribution is 2.17. The quantitative estimate of drug-likeness (QED) is 0.812. The summed E-state index contributed by atoms with van der Waals surface area (Å²) in [5.74, 6) is 1.52. The first-order chi connectivity index (χ1) is 8.40. The molecule has 0 amide bonds. The summed E-state index contributed by atoms with van der Waals surface area (Å²) in [6.45, 7) is 6.97. The Morgan fingerprint density at radius 3 is 2.22 bits per heavy atom. The van der Waals surface area contributed by atoms with Crippen molar-refractivity contribution in [2.24, 2.45) is 0 Å². The Morgan fingerprint density at radius 1 is 1.17 bits per heavy atom. The molecule has 18 heavy (non-hydrogen) atoms. The largest absolute Gasteiger partial charge is 0.497 e. The molecule has 0 aliphatic rings. The van der Waals surface area contributed by atoms with E-state index < -0.39 is 6.10 Å². The van der Waals surface area contributed by atoms with Crippen molar-refractivity contribution in [3.05, 3.63) is 24.3 Å². The lowest BCUT2D eigenvalue weighted by atomic mass is 10.1. The van der Waals surface area contributed by atoms with E-state index in [0.717, 1.165) is 11.5 Å². The van der Waals surface area contributed by atoms with Gasteiger partial charge in [0.2, 0.25) is 0 Å². The van der Waals surface area contributed by atoms with Gasteiger partial charge in [-0.15, -0.1) is 0 Å². The second kappa shape index (κ2) is 6.61. The molecule has 102 valence electrons. The maximum absolute atomic E-state index is 9.76. The van der Waals surface area contributed by atoms with Crippen LogP contribution in [0.25, 0.3) is 0 Å². The smallest absolute Gasteiger partial charge is 0.119 e. The third-order valence-corrected chi connectivity index (χ3v) is 2.37. The first kappa shape index (κ1) is 14.8. The predicted molar refractivity (Wildman–Crippen MR) is 72.3 cm³/mol. The average molecular weight is 253 g/mol. The van der Waals surface area contributed by atoms with Gasteiger partial charge in [-0.3, -0.25) is 0 Å². The lowest BCUT2D eigenvalue weighted by Gasteiger charge is -2.22. The molecule has 2 N–H and O–H groups in total. The fourth-order valence-electron chi connectivity index (χ4n) is 1.35. The molecule has 0 fully saturated rings. The van der Waals surface area contributed by atoms with Crippen molar-refractivity contribution < 1.29 is 14.6 Å². The van der Waals surface area contributed by atoms with Crippen molar-refractivity contribution in [3.63, 3.8) is 0 Å². The van der Waals surface area contributed by atoms with E-state index in [0.29, 0.717) is 6.54 Å². The van der Waals surface area contributed by atoms with E-state index in [1.807, 2.05) is 24.3 Å². The molecule has 4 heteroatoms. The van der Waals surface area contributed by atoms with Gasteiger partial charge in [0.1, 0.15) is 24.2 Å². The Kier molecular flexibility index (Phi) is 5.44. The number of nitrogens with one attached hydrogen (secondary N) is 1. The molecular formula is C14H23NO3. The van der Waals surface area contributed by atoms with Crippen LogP contribution < -0.4 is 14.8 Å². The lowest BCUT2D eigenvalue weighted by molar-refractivity contribution is 0.100. The standard InChI is InChI=1S/C14H23NO3/c1-14(2,3)15-9-11(16)10-18-13-7-5-12(17-4)6-8-13/h5-8,11,15-16H,9-10H2,1-4H3. The van der Waals surface area contributed by atoms with Crippen LogP contribution in [0.2, 0.25) is 0 Å². The van der Waals surface area contributed by atoms with Crippen molar-refractivity contribution in [3.8, 4) is 11.5 Å². The summed E-state index contributed by atoms with van der Waals surface area (Å²) >= 11 is 0. The van der Waals surface area contributed by atoms with Crippen LogP contribution in [-0.2, 0) is 0 Å². The molecule has 1 atom stereocenters. The van der Waals surface area contributed by atoms with E-state index in [4.69, 9.17) is 9.47 Å². The van der Waals surface area contributed by atoms with Crippen LogP contribution in [0.1, 0.15) is 20.8 Å². The van der Waals surface area contributed by atoms with Crippen LogP contribution >= 0.6 is 0 Å². The highest BCUT2D eigenvalue weighted by atomic mass is 16.5. The molecular weight excluding hydrogens is 230 g/mol. The number of hydrogen-bond acceptors (Lipinski definition) is 4. The highest BCUT2D eigenvalue weighted by Gasteiger charge is 2.12. The summed E-state index contributed by atoms with van der Waals surface area (Å²) in [5.41, 5.74) is 0.00108. The number of benzene rings is 1. The zero-order chi connectivity index (χ0) is 13.6. The molecule has 1 rings (SSSR count). The molecule has 0 saturated carbocycles. The zero-order valence-electron chi connectivity index (χ0n) is 11.6. The Morgan fingerprint density at radius 2 is 1.72 bits per heavy atom. The number of aliphatic hydroxyl groups is 1. The van der Waals surface area contributed by atoms with Crippen LogP contribution in [-0.4, -0.2) is 37.0 Å². The Balaban J connectivity index is 2.31. The maximum Gasteiger partial charge on any atom is 0.119 e. The summed E-state index contributed by atoms with van der Waals surface area (Å²) in [4.78, 5) is 0. The zero-order valence-corrected chi connectivity index (χ0v) is 11.6. The summed E-state index contributed by atoms with van der Waals surface area (Å²) in [5, 5.41) is 13.0. The number of aliphatic hydroxyl groups excluding tert-OH is 1. The molecule has 0 radical (unpaired) electrons. The van der Waals surface area contributed by atoms with E-state index in [-0.39, 0.29) is 12.1 Å². The Labute approximate surface area is 109 Å². The van der Waals surface area contributed by atoms with Gasteiger partial charge in [-0.2, -0.15) is 0 Å². The van der Waals surface area contributed by atoms with Gasteiger partial charge in [0.05, 0.1) is 7.11 Å². The molecule has 4 nitrogen and oxygen atoms in total. The van der Waals surface area contributed by atoms with E-state index in [1.165, 1.54) is 0 Å². The van der Waals surface area contributed by atoms with Crippen molar-refractivity contribution in [2.45, 2.75) is 32.4 Å². The summed E-state index contributed by atoms with van der Waals surface area (Å²) < 4.78 is 10.5. The molecule has 0 spiro atoms. The van der Waals surface area contributed by atoms with Crippen molar-refractivity contribution in [2.75, 3.05) is 20.3 Å². The van der Waals surface area contributed by atoms with E-state index in [9.17, 15) is 5.11 Å². The number of ether oxygens (including phenoxy) is 2. The van der Waals surface area contributed by atoms with E-state index in [1.54, 1.807) is 7.11 Å². The van der Waals surface area contributed by atoms with E-state index in [2.05, 4.69) is 26.1 Å². The third-order valence-electron chi connectivity index (χ3n) is 2.37. The molecule has 0 saturated heterocycles. The minimum Gasteiger partial charge on any atom is -0.497 e. The number of rotatable bonds is 6. The summed E-state index contributed by atoms with van der Waals surface area (Å²) in [6.07, 6.45) is -0.522. The third kappa shape index (κ3) is 5.89. The fraction of sp³-hybridized carbons (Fsp3) is 0.571. The van der Waals surface area contributed by atoms with Gasteiger partial charge in [-0.25, -0.2) is 0 Å². The van der Waals surface area contributed by atoms with E-state index >= 15 is 0 Å². The summed E-state index contributed by atoms with van der Waals surface area (Å²) in [7, 11) is 1.62. The van der Waals surface area contributed by atoms with Gasteiger partial charge >= 0.3 is 0 Å².